The zero-order valence-electron chi connectivity index (χ0n) is 22.0. The Morgan fingerprint density at radius 1 is 1.00 bits per heavy atom. The van der Waals surface area contributed by atoms with Gasteiger partial charge in [0.2, 0.25) is 11.9 Å². The smallest absolute Gasteiger partial charge is 0.317 e. The van der Waals surface area contributed by atoms with Gasteiger partial charge in [0.15, 0.2) is 0 Å². The fraction of sp³-hybridized carbons (Fsp3) is 0.379. The third-order valence-electron chi connectivity index (χ3n) is 7.52. The summed E-state index contributed by atoms with van der Waals surface area (Å²) in [6.07, 6.45) is 6.65. The van der Waals surface area contributed by atoms with Gasteiger partial charge in [0.1, 0.15) is 6.04 Å². The van der Waals surface area contributed by atoms with Crippen LogP contribution in [0, 0.1) is 5.92 Å². The standard InChI is InChI=1S/C29H35N7O3/c30-26(37)25(22-11-5-2-6-12-22)33-28-32-24-14-8-7-13-23(24)27(38)36(28)20-34-15-17-35(18-16-34)29(39)31-19-21-9-3-1-4-10-21/h1-5,7-10,13-14,22,25H,6,11-12,15-20H2,(H2,30,37)(H,31,39)(H,32,33). The van der Waals surface area contributed by atoms with Crippen LogP contribution < -0.4 is 21.9 Å². The topological polar surface area (TPSA) is 126 Å². The number of nitrogens with zero attached hydrogens (tertiary/aromatic N) is 4. The Morgan fingerprint density at radius 3 is 2.46 bits per heavy atom. The van der Waals surface area contributed by atoms with Crippen molar-refractivity contribution in [1.29, 1.82) is 0 Å². The van der Waals surface area contributed by atoms with Gasteiger partial charge in [-0.05, 0) is 42.9 Å². The van der Waals surface area contributed by atoms with Gasteiger partial charge in [0.25, 0.3) is 5.56 Å². The monoisotopic (exact) mass is 529 g/mol. The summed E-state index contributed by atoms with van der Waals surface area (Å²) in [7, 11) is 0. The molecule has 39 heavy (non-hydrogen) atoms. The van der Waals surface area contributed by atoms with Gasteiger partial charge in [-0.3, -0.25) is 19.1 Å². The van der Waals surface area contributed by atoms with Crippen LogP contribution in [0.4, 0.5) is 10.7 Å². The first kappa shape index (κ1) is 26.4. The minimum absolute atomic E-state index is 0.0299. The second kappa shape index (κ2) is 12.1. The van der Waals surface area contributed by atoms with E-state index in [1.165, 1.54) is 0 Å². The molecule has 3 amide bonds. The highest BCUT2D eigenvalue weighted by Gasteiger charge is 2.29. The number of primary amides is 1. The molecule has 1 fully saturated rings. The number of nitrogens with two attached hydrogens (primary N) is 1. The minimum atomic E-state index is -0.639. The maximum atomic E-state index is 13.6. The Balaban J connectivity index is 1.30. The third-order valence-corrected chi connectivity index (χ3v) is 7.52. The van der Waals surface area contributed by atoms with Gasteiger partial charge in [0, 0.05) is 32.7 Å². The summed E-state index contributed by atoms with van der Waals surface area (Å²) in [5.74, 6) is -0.0956. The fourth-order valence-electron chi connectivity index (χ4n) is 5.27. The van der Waals surface area contributed by atoms with Crippen molar-refractivity contribution < 1.29 is 9.59 Å². The number of hydrogen-bond acceptors (Lipinski definition) is 6. The summed E-state index contributed by atoms with van der Waals surface area (Å²) < 4.78 is 1.59. The van der Waals surface area contributed by atoms with E-state index in [0.717, 1.165) is 24.8 Å². The lowest BCUT2D eigenvalue weighted by Crippen LogP contribution is -2.52. The largest absolute Gasteiger partial charge is 0.368 e. The maximum Gasteiger partial charge on any atom is 0.317 e. The molecule has 2 unspecified atom stereocenters. The molecule has 3 aromatic rings. The molecule has 5 rings (SSSR count). The number of hydrogen-bond donors (Lipinski definition) is 3. The number of urea groups is 1. The number of aromatic nitrogens is 2. The Hall–Kier alpha value is -4.18. The van der Waals surface area contributed by atoms with Crippen LogP contribution in [-0.4, -0.2) is 63.5 Å². The van der Waals surface area contributed by atoms with Gasteiger partial charge in [-0.15, -0.1) is 0 Å². The quantitative estimate of drug-likeness (QED) is 0.385. The Morgan fingerprint density at radius 2 is 1.74 bits per heavy atom. The lowest BCUT2D eigenvalue weighted by molar-refractivity contribution is -0.119. The average molecular weight is 530 g/mol. The van der Waals surface area contributed by atoms with E-state index in [0.29, 0.717) is 49.6 Å². The molecule has 0 spiro atoms. The van der Waals surface area contributed by atoms with Gasteiger partial charge in [-0.2, -0.15) is 0 Å². The summed E-state index contributed by atoms with van der Waals surface area (Å²) in [4.78, 5) is 47.4. The number of benzene rings is 2. The minimum Gasteiger partial charge on any atom is -0.368 e. The number of nitrogens with one attached hydrogen (secondary N) is 2. The summed E-state index contributed by atoms with van der Waals surface area (Å²) >= 11 is 0. The van der Waals surface area contributed by atoms with E-state index in [4.69, 9.17) is 10.7 Å². The summed E-state index contributed by atoms with van der Waals surface area (Å²) in [6.45, 7) is 3.04. The molecule has 1 aliphatic heterocycles. The Labute approximate surface area is 227 Å². The molecule has 1 aliphatic carbocycles. The van der Waals surface area contributed by atoms with Crippen molar-refractivity contribution in [3.8, 4) is 0 Å². The fourth-order valence-corrected chi connectivity index (χ4v) is 5.27. The molecule has 4 N–H and O–H groups in total. The van der Waals surface area contributed by atoms with Gasteiger partial charge in [0.05, 0.1) is 17.6 Å². The predicted octanol–water partition coefficient (Wildman–Crippen LogP) is 2.50. The number of allylic oxidation sites excluding steroid dienone is 2. The van der Waals surface area contributed by atoms with Crippen LogP contribution in [0.2, 0.25) is 0 Å². The number of carbonyl (C=O) groups excluding carboxylic acids is 2. The van der Waals surface area contributed by atoms with Gasteiger partial charge in [-0.1, -0.05) is 54.6 Å². The highest BCUT2D eigenvalue weighted by molar-refractivity contribution is 5.84. The number of carbonyl (C=O) groups is 2. The van der Waals surface area contributed by atoms with Crippen molar-refractivity contribution in [2.45, 2.75) is 38.5 Å². The van der Waals surface area contributed by atoms with E-state index in [9.17, 15) is 14.4 Å². The molecule has 10 nitrogen and oxygen atoms in total. The molecule has 2 aromatic carbocycles. The van der Waals surface area contributed by atoms with Crippen molar-refractivity contribution in [3.63, 3.8) is 0 Å². The first-order valence-electron chi connectivity index (χ1n) is 13.5. The molecule has 10 heteroatoms. The molecular weight excluding hydrogens is 494 g/mol. The van der Waals surface area contributed by atoms with E-state index >= 15 is 0 Å². The van der Waals surface area contributed by atoms with E-state index in [1.54, 1.807) is 21.6 Å². The van der Waals surface area contributed by atoms with Crippen molar-refractivity contribution >= 4 is 28.8 Å². The number of rotatable bonds is 8. The Bertz CT molecular complexity index is 1400. The lowest BCUT2D eigenvalue weighted by Gasteiger charge is -2.35. The lowest BCUT2D eigenvalue weighted by atomic mass is 9.87. The van der Waals surface area contributed by atoms with Crippen LogP contribution in [0.1, 0.15) is 24.8 Å². The second-order valence-corrected chi connectivity index (χ2v) is 10.1. The Kier molecular flexibility index (Phi) is 8.21. The van der Waals surface area contributed by atoms with E-state index < -0.39 is 11.9 Å². The van der Waals surface area contributed by atoms with Gasteiger partial charge < -0.3 is 21.3 Å². The third kappa shape index (κ3) is 6.28. The van der Waals surface area contributed by atoms with E-state index in [2.05, 4.69) is 27.7 Å². The molecule has 0 bridgehead atoms. The van der Waals surface area contributed by atoms with Gasteiger partial charge in [-0.25, -0.2) is 9.78 Å². The van der Waals surface area contributed by atoms with Crippen LogP contribution in [0.25, 0.3) is 10.9 Å². The maximum absolute atomic E-state index is 13.6. The van der Waals surface area contributed by atoms with Gasteiger partial charge >= 0.3 is 6.03 Å². The average Bonchev–Trinajstić information content (AvgIpc) is 2.97. The van der Waals surface area contributed by atoms with Crippen LogP contribution >= 0.6 is 0 Å². The van der Waals surface area contributed by atoms with Crippen molar-refractivity contribution in [2.75, 3.05) is 31.5 Å². The summed E-state index contributed by atoms with van der Waals surface area (Å²) in [5, 5.41) is 6.73. The zero-order chi connectivity index (χ0) is 27.2. The molecule has 1 aromatic heterocycles. The van der Waals surface area contributed by atoms with Crippen molar-refractivity contribution in [2.24, 2.45) is 11.7 Å². The normalized spacial score (nSPS) is 18.6. The predicted molar refractivity (Wildman–Crippen MR) is 151 cm³/mol. The SMILES string of the molecule is NC(=O)C(Nc1nc2ccccc2c(=O)n1CN1CCN(C(=O)NCc2ccccc2)CC1)C1CC=CCC1. The molecular formula is C29H35N7O3. The molecule has 2 heterocycles. The van der Waals surface area contributed by atoms with Crippen LogP contribution in [0.3, 0.4) is 0 Å². The number of para-hydroxylation sites is 1. The first-order valence-corrected chi connectivity index (χ1v) is 13.5. The van der Waals surface area contributed by atoms with E-state index in [-0.39, 0.29) is 24.2 Å². The van der Waals surface area contributed by atoms with Crippen LogP contribution in [0.15, 0.2) is 71.5 Å². The molecule has 2 atom stereocenters. The number of anilines is 1. The van der Waals surface area contributed by atoms with Crippen LogP contribution in [0.5, 0.6) is 0 Å². The van der Waals surface area contributed by atoms with E-state index in [1.807, 2.05) is 42.5 Å². The number of piperazine rings is 1. The molecule has 2 aliphatic rings. The summed E-state index contributed by atoms with van der Waals surface area (Å²) in [6, 6.07) is 16.3. The van der Waals surface area contributed by atoms with Crippen LogP contribution in [-0.2, 0) is 18.0 Å². The summed E-state index contributed by atoms with van der Waals surface area (Å²) in [5.41, 5.74) is 7.24. The molecule has 0 radical (unpaired) electrons. The zero-order valence-corrected chi connectivity index (χ0v) is 22.0. The highest BCUT2D eigenvalue weighted by atomic mass is 16.2. The van der Waals surface area contributed by atoms with Crippen molar-refractivity contribution in [1.82, 2.24) is 24.7 Å². The molecule has 0 saturated carbocycles. The first-order chi connectivity index (χ1) is 19.0. The molecule has 1 saturated heterocycles. The molecule has 204 valence electrons. The van der Waals surface area contributed by atoms with Crippen molar-refractivity contribution in [3.05, 3.63) is 82.7 Å². The highest BCUT2D eigenvalue weighted by Crippen LogP contribution is 2.24. The second-order valence-electron chi connectivity index (χ2n) is 10.1. The number of amides is 3. The number of fused-ring (bicyclic) bond motifs is 1.